The molecule has 0 aliphatic carbocycles. The molecule has 25 heavy (non-hydrogen) atoms. The van der Waals surface area contributed by atoms with Gasteiger partial charge in [-0.15, -0.1) is 0 Å². The number of carbonyl (C=O) groups is 3. The zero-order chi connectivity index (χ0) is 18.9. The fraction of sp³-hybridized carbons (Fsp3) is 0.389. The molecular formula is C18H22N2O5. The van der Waals surface area contributed by atoms with E-state index in [-0.39, 0.29) is 18.2 Å². The summed E-state index contributed by atoms with van der Waals surface area (Å²) in [6, 6.07) is 1.57. The van der Waals surface area contributed by atoms with Crippen molar-refractivity contribution in [3.8, 4) is 0 Å². The molecule has 2 aromatic rings. The molecule has 1 amide bonds. The smallest absolute Gasteiger partial charge is 0.341 e. The highest BCUT2D eigenvalue weighted by atomic mass is 16.5. The Morgan fingerprint density at radius 2 is 1.88 bits per heavy atom. The van der Waals surface area contributed by atoms with E-state index in [9.17, 15) is 14.4 Å². The van der Waals surface area contributed by atoms with Crippen LogP contribution < -0.4 is 0 Å². The molecule has 0 bridgehead atoms. The summed E-state index contributed by atoms with van der Waals surface area (Å²) in [5, 5.41) is 0. The number of carbonyl (C=O) groups excluding carboxylic acids is 3. The standard InChI is InChI=1S/C18H22N2O5/c1-9-15(11(3)21)10(2)19-16(9)17(22)20(5)8-13-7-14(12(4)25-13)18(23)24-6/h7,19H,8H2,1-6H3. The average molecular weight is 346 g/mol. The van der Waals surface area contributed by atoms with E-state index < -0.39 is 5.97 Å². The molecule has 2 heterocycles. The molecule has 0 atom stereocenters. The first-order chi connectivity index (χ1) is 11.7. The van der Waals surface area contributed by atoms with E-state index in [1.54, 1.807) is 33.9 Å². The predicted octanol–water partition coefficient (Wildman–Crippen LogP) is 2.79. The minimum absolute atomic E-state index is 0.0858. The summed E-state index contributed by atoms with van der Waals surface area (Å²) < 4.78 is 10.2. The van der Waals surface area contributed by atoms with Gasteiger partial charge in [0.2, 0.25) is 0 Å². The van der Waals surface area contributed by atoms with E-state index in [1.165, 1.54) is 18.9 Å². The summed E-state index contributed by atoms with van der Waals surface area (Å²) in [5.41, 5.74) is 2.56. The molecule has 2 aromatic heterocycles. The summed E-state index contributed by atoms with van der Waals surface area (Å²) in [6.07, 6.45) is 0. The van der Waals surface area contributed by atoms with Gasteiger partial charge in [0, 0.05) is 18.3 Å². The van der Waals surface area contributed by atoms with Crippen molar-refractivity contribution in [2.75, 3.05) is 14.2 Å². The lowest BCUT2D eigenvalue weighted by Gasteiger charge is -2.15. The Hall–Kier alpha value is -2.83. The van der Waals surface area contributed by atoms with E-state index in [0.29, 0.717) is 39.6 Å². The Labute approximate surface area is 145 Å². The van der Waals surface area contributed by atoms with Crippen LogP contribution in [-0.2, 0) is 11.3 Å². The highest BCUT2D eigenvalue weighted by molar-refractivity contribution is 6.02. The fourth-order valence-electron chi connectivity index (χ4n) is 2.92. The number of hydrogen-bond acceptors (Lipinski definition) is 5. The van der Waals surface area contributed by atoms with Crippen molar-refractivity contribution >= 4 is 17.7 Å². The van der Waals surface area contributed by atoms with Crippen LogP contribution >= 0.6 is 0 Å². The normalized spacial score (nSPS) is 10.6. The largest absolute Gasteiger partial charge is 0.465 e. The zero-order valence-electron chi connectivity index (χ0n) is 15.3. The maximum atomic E-state index is 12.7. The van der Waals surface area contributed by atoms with Crippen LogP contribution in [0.4, 0.5) is 0 Å². The van der Waals surface area contributed by atoms with Crippen molar-refractivity contribution in [1.29, 1.82) is 0 Å². The third-order valence-electron chi connectivity index (χ3n) is 4.12. The van der Waals surface area contributed by atoms with Gasteiger partial charge in [-0.1, -0.05) is 0 Å². The number of amides is 1. The molecule has 0 fully saturated rings. The number of hydrogen-bond donors (Lipinski definition) is 1. The highest BCUT2D eigenvalue weighted by Gasteiger charge is 2.23. The Morgan fingerprint density at radius 1 is 1.24 bits per heavy atom. The minimum atomic E-state index is -0.483. The van der Waals surface area contributed by atoms with Gasteiger partial charge in [0.05, 0.1) is 13.7 Å². The Morgan fingerprint density at radius 3 is 2.40 bits per heavy atom. The van der Waals surface area contributed by atoms with Crippen LogP contribution in [0, 0.1) is 20.8 Å². The number of aryl methyl sites for hydroxylation is 2. The van der Waals surface area contributed by atoms with Crippen LogP contribution in [0.15, 0.2) is 10.5 Å². The second-order valence-corrected chi connectivity index (χ2v) is 6.02. The second-order valence-electron chi connectivity index (χ2n) is 6.02. The first kappa shape index (κ1) is 18.5. The molecule has 0 aliphatic heterocycles. The number of H-pyrrole nitrogens is 1. The van der Waals surface area contributed by atoms with Crippen LogP contribution in [0.5, 0.6) is 0 Å². The molecule has 0 spiro atoms. The number of Topliss-reactive ketones (excluding diaryl/α,β-unsaturated/α-hetero) is 1. The lowest BCUT2D eigenvalue weighted by atomic mass is 10.1. The summed E-state index contributed by atoms with van der Waals surface area (Å²) in [7, 11) is 2.92. The van der Waals surface area contributed by atoms with Gasteiger partial charge in [-0.3, -0.25) is 9.59 Å². The van der Waals surface area contributed by atoms with E-state index in [4.69, 9.17) is 4.42 Å². The van der Waals surface area contributed by atoms with E-state index in [2.05, 4.69) is 9.72 Å². The van der Waals surface area contributed by atoms with Gasteiger partial charge in [-0.25, -0.2) is 4.79 Å². The molecule has 0 aromatic carbocycles. The average Bonchev–Trinajstić information content (AvgIpc) is 3.05. The first-order valence-corrected chi connectivity index (χ1v) is 7.80. The topological polar surface area (TPSA) is 92.6 Å². The SMILES string of the molecule is COC(=O)c1cc(CN(C)C(=O)c2[nH]c(C)c(C(C)=O)c2C)oc1C. The summed E-state index contributed by atoms with van der Waals surface area (Å²) >= 11 is 0. The van der Waals surface area contributed by atoms with Gasteiger partial charge in [0.25, 0.3) is 5.91 Å². The molecule has 7 nitrogen and oxygen atoms in total. The number of ketones is 1. The van der Waals surface area contributed by atoms with Crippen molar-refractivity contribution in [3.05, 3.63) is 45.7 Å². The second kappa shape index (κ2) is 6.96. The monoisotopic (exact) mass is 346 g/mol. The van der Waals surface area contributed by atoms with Crippen molar-refractivity contribution in [2.24, 2.45) is 0 Å². The van der Waals surface area contributed by atoms with Gasteiger partial charge >= 0.3 is 5.97 Å². The molecule has 134 valence electrons. The van der Waals surface area contributed by atoms with Gasteiger partial charge in [-0.2, -0.15) is 0 Å². The predicted molar refractivity (Wildman–Crippen MR) is 90.9 cm³/mol. The van der Waals surface area contributed by atoms with Crippen LogP contribution in [0.3, 0.4) is 0 Å². The maximum absolute atomic E-state index is 12.7. The van der Waals surface area contributed by atoms with Crippen LogP contribution in [0.2, 0.25) is 0 Å². The van der Waals surface area contributed by atoms with Crippen molar-refractivity contribution in [1.82, 2.24) is 9.88 Å². The Balaban J connectivity index is 2.23. The third-order valence-corrected chi connectivity index (χ3v) is 4.12. The molecule has 2 rings (SSSR count). The number of methoxy groups -OCH3 is 1. The highest BCUT2D eigenvalue weighted by Crippen LogP contribution is 2.21. The lowest BCUT2D eigenvalue weighted by Crippen LogP contribution is -2.27. The molecule has 0 saturated carbocycles. The maximum Gasteiger partial charge on any atom is 0.341 e. The first-order valence-electron chi connectivity index (χ1n) is 7.80. The molecule has 0 saturated heterocycles. The molecule has 0 radical (unpaired) electrons. The van der Waals surface area contributed by atoms with Gasteiger partial charge in [-0.05, 0) is 39.3 Å². The fourth-order valence-corrected chi connectivity index (χ4v) is 2.92. The number of aromatic nitrogens is 1. The van der Waals surface area contributed by atoms with Gasteiger partial charge < -0.3 is 19.0 Å². The van der Waals surface area contributed by atoms with E-state index in [0.717, 1.165) is 0 Å². The molecular weight excluding hydrogens is 324 g/mol. The van der Waals surface area contributed by atoms with Gasteiger partial charge in [0.1, 0.15) is 22.8 Å². The lowest BCUT2D eigenvalue weighted by molar-refractivity contribution is 0.0598. The van der Waals surface area contributed by atoms with Crippen molar-refractivity contribution in [3.63, 3.8) is 0 Å². The van der Waals surface area contributed by atoms with Crippen LogP contribution in [-0.4, -0.2) is 41.7 Å². The summed E-state index contributed by atoms with van der Waals surface area (Å²) in [5.74, 6) is 0.0810. The van der Waals surface area contributed by atoms with E-state index in [1.807, 2.05) is 0 Å². The number of aromatic amines is 1. The Kier molecular flexibility index (Phi) is 5.15. The van der Waals surface area contributed by atoms with Crippen LogP contribution in [0.25, 0.3) is 0 Å². The van der Waals surface area contributed by atoms with Crippen molar-refractivity contribution < 1.29 is 23.5 Å². The number of furan rings is 1. The number of rotatable bonds is 5. The summed E-state index contributed by atoms with van der Waals surface area (Å²) in [6.45, 7) is 6.83. The summed E-state index contributed by atoms with van der Waals surface area (Å²) in [4.78, 5) is 40.5. The quantitative estimate of drug-likeness (QED) is 0.664. The minimum Gasteiger partial charge on any atom is -0.465 e. The van der Waals surface area contributed by atoms with Gasteiger partial charge in [0.15, 0.2) is 5.78 Å². The number of ether oxygens (including phenoxy) is 1. The van der Waals surface area contributed by atoms with Crippen molar-refractivity contribution in [2.45, 2.75) is 34.2 Å². The number of nitrogens with one attached hydrogen (secondary N) is 1. The molecule has 0 unspecified atom stereocenters. The number of esters is 1. The third kappa shape index (κ3) is 3.50. The molecule has 1 N–H and O–H groups in total. The molecule has 7 heteroatoms. The zero-order valence-corrected chi connectivity index (χ0v) is 15.3. The van der Waals surface area contributed by atoms with E-state index >= 15 is 0 Å². The number of nitrogens with zero attached hydrogens (tertiary/aromatic N) is 1. The Bertz CT molecular complexity index is 844. The molecule has 0 aliphatic rings. The van der Waals surface area contributed by atoms with Crippen LogP contribution in [0.1, 0.15) is 60.9 Å².